The van der Waals surface area contributed by atoms with Crippen LogP contribution in [-0.4, -0.2) is 50.4 Å². The van der Waals surface area contributed by atoms with Crippen LogP contribution in [0.1, 0.15) is 40.0 Å². The van der Waals surface area contributed by atoms with Crippen molar-refractivity contribution in [1.82, 2.24) is 0 Å². The first-order valence-corrected chi connectivity index (χ1v) is 11.1. The Kier molecular flexibility index (Phi) is 9.25. The van der Waals surface area contributed by atoms with E-state index >= 15 is 0 Å². The van der Waals surface area contributed by atoms with E-state index in [1.165, 1.54) is 6.92 Å². The van der Waals surface area contributed by atoms with Crippen molar-refractivity contribution in [3.8, 4) is 0 Å². The molecule has 22 heavy (non-hydrogen) atoms. The molecule has 0 aromatic heterocycles. The maximum atomic E-state index is 11.8. The molecule has 0 fully saturated rings. The minimum atomic E-state index is -4.18. The monoisotopic (exact) mass is 374 g/mol. The van der Waals surface area contributed by atoms with E-state index in [1.54, 1.807) is 13.8 Å². The lowest BCUT2D eigenvalue weighted by atomic mass is 10.4. The van der Waals surface area contributed by atoms with Crippen molar-refractivity contribution in [1.29, 1.82) is 0 Å². The van der Waals surface area contributed by atoms with Crippen molar-refractivity contribution in [2.24, 2.45) is 0 Å². The third-order valence-corrected chi connectivity index (χ3v) is 6.58. The Morgan fingerprint density at radius 2 is 1.68 bits per heavy atom. The van der Waals surface area contributed by atoms with Gasteiger partial charge in [0.25, 0.3) is 0 Å². The summed E-state index contributed by atoms with van der Waals surface area (Å²) >= 11 is 1.04. The van der Waals surface area contributed by atoms with Gasteiger partial charge in [-0.2, -0.15) is 8.42 Å². The smallest absolute Gasteiger partial charge is 0.322 e. The zero-order valence-electron chi connectivity index (χ0n) is 12.9. The molecule has 0 saturated heterocycles. The van der Waals surface area contributed by atoms with E-state index in [-0.39, 0.29) is 29.0 Å². The summed E-state index contributed by atoms with van der Waals surface area (Å²) in [4.78, 5) is 22.0. The van der Waals surface area contributed by atoms with Gasteiger partial charge in [0, 0.05) is 18.6 Å². The van der Waals surface area contributed by atoms with E-state index in [2.05, 4.69) is 4.18 Å². The van der Waals surface area contributed by atoms with Crippen LogP contribution >= 0.6 is 11.8 Å². The van der Waals surface area contributed by atoms with E-state index < -0.39 is 37.4 Å². The van der Waals surface area contributed by atoms with Gasteiger partial charge in [-0.05, 0) is 12.8 Å². The SMILES string of the molecule is CCCC(=O)OS(=O)(=O)CCS(=O)(=O)CCC(C)SC(C)=O. The first-order chi connectivity index (χ1) is 9.97. The number of hydrogen-bond donors (Lipinski definition) is 0. The quantitative estimate of drug-likeness (QED) is 0.523. The fourth-order valence-electron chi connectivity index (χ4n) is 1.45. The van der Waals surface area contributed by atoms with E-state index in [0.29, 0.717) is 6.42 Å². The maximum Gasteiger partial charge on any atom is 0.322 e. The number of hydrogen-bond acceptors (Lipinski definition) is 8. The predicted octanol–water partition coefficient (Wildman–Crippen LogP) is 1.13. The van der Waals surface area contributed by atoms with Gasteiger partial charge in [0.2, 0.25) is 0 Å². The molecular weight excluding hydrogens is 352 g/mol. The largest absolute Gasteiger partial charge is 0.346 e. The van der Waals surface area contributed by atoms with E-state index in [9.17, 15) is 26.4 Å². The molecule has 0 amide bonds. The lowest BCUT2D eigenvalue weighted by Gasteiger charge is -2.09. The fourth-order valence-corrected chi connectivity index (χ4v) is 5.60. The maximum absolute atomic E-state index is 11.8. The van der Waals surface area contributed by atoms with Crippen LogP contribution in [0.25, 0.3) is 0 Å². The Balaban J connectivity index is 4.37. The van der Waals surface area contributed by atoms with Crippen molar-refractivity contribution in [2.75, 3.05) is 17.3 Å². The van der Waals surface area contributed by atoms with Crippen LogP contribution in [-0.2, 0) is 33.7 Å². The Morgan fingerprint density at radius 3 is 2.18 bits per heavy atom. The summed E-state index contributed by atoms with van der Waals surface area (Å²) < 4.78 is 50.8. The molecule has 0 rings (SSSR count). The molecule has 0 aliphatic carbocycles. The van der Waals surface area contributed by atoms with Crippen molar-refractivity contribution < 1.29 is 30.6 Å². The zero-order chi connectivity index (χ0) is 17.4. The predicted molar refractivity (Wildman–Crippen MR) is 85.8 cm³/mol. The van der Waals surface area contributed by atoms with Crippen LogP contribution in [0.3, 0.4) is 0 Å². The number of sulfone groups is 1. The number of rotatable bonds is 10. The molecule has 0 radical (unpaired) electrons. The summed E-state index contributed by atoms with van der Waals surface area (Å²) in [6.07, 6.45) is 0.659. The third kappa shape index (κ3) is 11.0. The standard InChI is InChI=1S/C12H22O7S3/c1-4-5-12(14)19-22(17,18)9-8-21(15,16)7-6-10(2)20-11(3)13/h10H,4-9H2,1-3H3. The summed E-state index contributed by atoms with van der Waals surface area (Å²) in [5, 5.41) is -0.262. The second kappa shape index (κ2) is 9.51. The molecule has 0 N–H and O–H groups in total. The van der Waals surface area contributed by atoms with Crippen LogP contribution in [0, 0.1) is 0 Å². The van der Waals surface area contributed by atoms with Gasteiger partial charge in [0.05, 0.1) is 11.5 Å². The van der Waals surface area contributed by atoms with Crippen LogP contribution in [0.2, 0.25) is 0 Å². The molecule has 10 heteroatoms. The third-order valence-electron chi connectivity index (χ3n) is 2.52. The molecule has 0 aromatic rings. The molecule has 0 aliphatic rings. The van der Waals surface area contributed by atoms with Gasteiger partial charge in [-0.15, -0.1) is 0 Å². The number of carbonyl (C=O) groups excluding carboxylic acids is 2. The van der Waals surface area contributed by atoms with E-state index in [0.717, 1.165) is 11.8 Å². The van der Waals surface area contributed by atoms with Gasteiger partial charge >= 0.3 is 16.1 Å². The molecule has 1 atom stereocenters. The topological polar surface area (TPSA) is 112 Å². The minimum absolute atomic E-state index is 0.0359. The van der Waals surface area contributed by atoms with Gasteiger partial charge < -0.3 is 4.18 Å². The first kappa shape index (κ1) is 21.4. The molecule has 0 bridgehead atoms. The Labute approximate surface area is 136 Å². The molecule has 0 aliphatic heterocycles. The highest BCUT2D eigenvalue weighted by molar-refractivity contribution is 8.14. The van der Waals surface area contributed by atoms with Crippen LogP contribution in [0.5, 0.6) is 0 Å². The summed E-state index contributed by atoms with van der Waals surface area (Å²) in [7, 11) is -7.77. The highest BCUT2D eigenvalue weighted by Gasteiger charge is 2.22. The summed E-state index contributed by atoms with van der Waals surface area (Å²) in [6.45, 7) is 4.82. The lowest BCUT2D eigenvalue weighted by molar-refractivity contribution is -0.133. The van der Waals surface area contributed by atoms with Gasteiger partial charge in [-0.25, -0.2) is 8.42 Å². The molecule has 7 nitrogen and oxygen atoms in total. The summed E-state index contributed by atoms with van der Waals surface area (Å²) in [5.74, 6) is -2.45. The van der Waals surface area contributed by atoms with Crippen molar-refractivity contribution in [3.63, 3.8) is 0 Å². The normalized spacial score (nSPS) is 13.6. The van der Waals surface area contributed by atoms with Gasteiger partial charge in [0.1, 0.15) is 5.75 Å². The van der Waals surface area contributed by atoms with Crippen molar-refractivity contribution in [3.05, 3.63) is 0 Å². The second-order valence-electron chi connectivity index (χ2n) is 4.83. The molecular formula is C12H22O7S3. The number of thioether (sulfide) groups is 1. The molecule has 0 heterocycles. The zero-order valence-corrected chi connectivity index (χ0v) is 15.4. The van der Waals surface area contributed by atoms with Crippen LogP contribution < -0.4 is 0 Å². The average molecular weight is 375 g/mol. The Bertz CT molecular complexity index is 578. The van der Waals surface area contributed by atoms with Crippen LogP contribution in [0.4, 0.5) is 0 Å². The van der Waals surface area contributed by atoms with Crippen molar-refractivity contribution >= 4 is 42.8 Å². The summed E-state index contributed by atoms with van der Waals surface area (Å²) in [6, 6.07) is 0. The second-order valence-corrected chi connectivity index (χ2v) is 10.4. The van der Waals surface area contributed by atoms with Gasteiger partial charge in [-0.3, -0.25) is 9.59 Å². The van der Waals surface area contributed by atoms with E-state index in [4.69, 9.17) is 0 Å². The average Bonchev–Trinajstić information content (AvgIpc) is 2.33. The highest BCUT2D eigenvalue weighted by atomic mass is 32.2. The minimum Gasteiger partial charge on any atom is -0.346 e. The number of carbonyl (C=O) groups is 2. The van der Waals surface area contributed by atoms with Gasteiger partial charge in [0.15, 0.2) is 15.0 Å². The Morgan fingerprint density at radius 1 is 1.09 bits per heavy atom. The summed E-state index contributed by atoms with van der Waals surface area (Å²) in [5.41, 5.74) is 0. The van der Waals surface area contributed by atoms with Crippen LogP contribution in [0.15, 0.2) is 0 Å². The van der Waals surface area contributed by atoms with Crippen molar-refractivity contribution in [2.45, 2.75) is 45.3 Å². The molecule has 0 aromatic carbocycles. The first-order valence-electron chi connectivity index (χ1n) is 6.80. The fraction of sp³-hybridized carbons (Fsp3) is 0.833. The molecule has 1 unspecified atom stereocenters. The van der Waals surface area contributed by atoms with Gasteiger partial charge in [-0.1, -0.05) is 25.6 Å². The molecule has 130 valence electrons. The molecule has 0 saturated carbocycles. The van der Waals surface area contributed by atoms with E-state index in [1.807, 2.05) is 0 Å². The highest BCUT2D eigenvalue weighted by Crippen LogP contribution is 2.15. The molecule has 0 spiro atoms. The lowest BCUT2D eigenvalue weighted by Crippen LogP contribution is -2.24. The Hall–Kier alpha value is -0.610.